The number of H-pyrrole nitrogens is 1. The first kappa shape index (κ1) is 12.6. The Morgan fingerprint density at radius 1 is 1.32 bits per heavy atom. The number of thioether (sulfide) groups is 1. The zero-order chi connectivity index (χ0) is 13.6. The lowest BCUT2D eigenvalue weighted by molar-refractivity contribution is 0.0189. The van der Waals surface area contributed by atoms with Gasteiger partial charge in [0.2, 0.25) is 0 Å². The summed E-state index contributed by atoms with van der Waals surface area (Å²) in [7, 11) is 0. The summed E-state index contributed by atoms with van der Waals surface area (Å²) < 4.78 is 0. The molecule has 0 saturated carbocycles. The van der Waals surface area contributed by atoms with E-state index in [2.05, 4.69) is 19.9 Å². The van der Waals surface area contributed by atoms with Gasteiger partial charge in [-0.3, -0.25) is 0 Å². The molecule has 1 fully saturated rings. The first-order chi connectivity index (χ1) is 9.11. The van der Waals surface area contributed by atoms with Gasteiger partial charge in [-0.15, -0.1) is 11.8 Å². The number of aromatic amines is 1. The summed E-state index contributed by atoms with van der Waals surface area (Å²) in [5.41, 5.74) is 6.75. The Morgan fingerprint density at radius 3 is 2.79 bits per heavy atom. The molecule has 0 aromatic carbocycles. The van der Waals surface area contributed by atoms with Gasteiger partial charge in [-0.1, -0.05) is 0 Å². The molecule has 8 nitrogen and oxygen atoms in total. The van der Waals surface area contributed by atoms with Crippen LogP contribution in [0.15, 0.2) is 6.33 Å². The van der Waals surface area contributed by atoms with Crippen molar-refractivity contribution in [3.05, 3.63) is 12.2 Å². The number of nitrogens with one attached hydrogen (secondary N) is 1. The summed E-state index contributed by atoms with van der Waals surface area (Å²) in [5.74, 6) is 0.553. The van der Waals surface area contributed by atoms with Gasteiger partial charge in [-0.25, -0.2) is 15.0 Å². The maximum absolute atomic E-state index is 10.00. The molecule has 0 spiro atoms. The van der Waals surface area contributed by atoms with Crippen LogP contribution < -0.4 is 5.73 Å². The third kappa shape index (κ3) is 1.94. The Labute approximate surface area is 112 Å². The van der Waals surface area contributed by atoms with E-state index in [0.29, 0.717) is 17.0 Å². The fourth-order valence-electron chi connectivity index (χ4n) is 2.11. The minimum atomic E-state index is -1.04. The van der Waals surface area contributed by atoms with E-state index in [4.69, 9.17) is 10.8 Å². The van der Waals surface area contributed by atoms with Gasteiger partial charge in [0, 0.05) is 0 Å². The second-order valence-corrected chi connectivity index (χ2v) is 5.71. The lowest BCUT2D eigenvalue weighted by Crippen LogP contribution is -2.32. The van der Waals surface area contributed by atoms with Crippen LogP contribution in [0.2, 0.25) is 0 Å². The minimum Gasteiger partial charge on any atom is -0.395 e. The van der Waals surface area contributed by atoms with Crippen LogP contribution in [0.5, 0.6) is 0 Å². The van der Waals surface area contributed by atoms with Crippen molar-refractivity contribution in [2.75, 3.05) is 12.3 Å². The van der Waals surface area contributed by atoms with Crippen molar-refractivity contribution < 1.29 is 15.3 Å². The molecular weight excluding hydrogens is 270 g/mol. The monoisotopic (exact) mass is 283 g/mol. The first-order valence-electron chi connectivity index (χ1n) is 5.70. The van der Waals surface area contributed by atoms with E-state index < -0.39 is 22.7 Å². The van der Waals surface area contributed by atoms with E-state index in [-0.39, 0.29) is 12.4 Å². The van der Waals surface area contributed by atoms with Crippen LogP contribution in [0.1, 0.15) is 11.1 Å². The van der Waals surface area contributed by atoms with Crippen LogP contribution in [0.3, 0.4) is 0 Å². The number of rotatable bonds is 2. The van der Waals surface area contributed by atoms with Crippen molar-refractivity contribution in [1.82, 2.24) is 19.9 Å². The van der Waals surface area contributed by atoms with Crippen LogP contribution in [0.25, 0.3) is 11.2 Å². The normalized spacial score (nSPS) is 31.1. The molecule has 0 unspecified atom stereocenters. The molecule has 1 saturated heterocycles. The van der Waals surface area contributed by atoms with Crippen LogP contribution in [0, 0.1) is 0 Å². The average Bonchev–Trinajstić information content (AvgIpc) is 2.96. The lowest BCUT2D eigenvalue weighted by atomic mass is 10.1. The molecule has 0 radical (unpaired) electrons. The zero-order valence-electron chi connectivity index (χ0n) is 9.76. The fraction of sp³-hybridized carbons (Fsp3) is 0.500. The number of hydrogen-bond acceptors (Lipinski definition) is 8. The molecule has 0 amide bonds. The Hall–Kier alpha value is -1.42. The second kappa shape index (κ2) is 4.60. The lowest BCUT2D eigenvalue weighted by Gasteiger charge is -2.14. The molecule has 6 N–H and O–H groups in total. The maximum atomic E-state index is 10.00. The molecule has 0 aliphatic carbocycles. The third-order valence-corrected chi connectivity index (χ3v) is 4.69. The van der Waals surface area contributed by atoms with Gasteiger partial charge in [0.25, 0.3) is 0 Å². The molecule has 3 heterocycles. The maximum Gasteiger partial charge on any atom is 0.183 e. The van der Waals surface area contributed by atoms with Crippen molar-refractivity contribution >= 4 is 28.7 Å². The summed E-state index contributed by atoms with van der Waals surface area (Å²) in [6.07, 6.45) is -0.596. The highest BCUT2D eigenvalue weighted by Crippen LogP contribution is 2.44. The number of aliphatic hydroxyl groups excluding tert-OH is 3. The predicted molar refractivity (Wildman–Crippen MR) is 69.3 cm³/mol. The van der Waals surface area contributed by atoms with E-state index in [0.717, 1.165) is 0 Å². The molecule has 1 aliphatic heterocycles. The summed E-state index contributed by atoms with van der Waals surface area (Å²) in [6, 6.07) is 0. The highest BCUT2D eigenvalue weighted by molar-refractivity contribution is 8.00. The van der Waals surface area contributed by atoms with E-state index in [1.807, 2.05) is 0 Å². The largest absolute Gasteiger partial charge is 0.395 e. The average molecular weight is 283 g/mol. The zero-order valence-corrected chi connectivity index (χ0v) is 10.6. The summed E-state index contributed by atoms with van der Waals surface area (Å²) in [4.78, 5) is 15.2. The van der Waals surface area contributed by atoms with Crippen LogP contribution in [-0.4, -0.2) is 59.3 Å². The van der Waals surface area contributed by atoms with E-state index in [1.165, 1.54) is 18.1 Å². The fourth-order valence-corrected chi connectivity index (χ4v) is 3.45. The van der Waals surface area contributed by atoms with Crippen LogP contribution in [0.4, 0.5) is 5.82 Å². The highest BCUT2D eigenvalue weighted by Gasteiger charge is 2.44. The van der Waals surface area contributed by atoms with Gasteiger partial charge in [-0.2, -0.15) is 0 Å². The van der Waals surface area contributed by atoms with Crippen molar-refractivity contribution in [1.29, 1.82) is 0 Å². The summed E-state index contributed by atoms with van der Waals surface area (Å²) in [5, 5.41) is 27.9. The molecular formula is C10H13N5O3S. The molecule has 102 valence electrons. The molecule has 0 bridgehead atoms. The topological polar surface area (TPSA) is 141 Å². The molecule has 1 aliphatic rings. The van der Waals surface area contributed by atoms with Crippen molar-refractivity contribution in [2.45, 2.75) is 22.7 Å². The van der Waals surface area contributed by atoms with Crippen LogP contribution in [-0.2, 0) is 0 Å². The van der Waals surface area contributed by atoms with Gasteiger partial charge >= 0.3 is 0 Å². The van der Waals surface area contributed by atoms with Crippen molar-refractivity contribution in [3.8, 4) is 0 Å². The van der Waals surface area contributed by atoms with E-state index in [1.54, 1.807) is 0 Å². The Kier molecular flexibility index (Phi) is 3.05. The molecule has 4 atom stereocenters. The summed E-state index contributed by atoms with van der Waals surface area (Å²) >= 11 is 1.23. The third-order valence-electron chi connectivity index (χ3n) is 3.13. The van der Waals surface area contributed by atoms with Crippen LogP contribution >= 0.6 is 11.8 Å². The smallest absolute Gasteiger partial charge is 0.183 e. The minimum absolute atomic E-state index is 0.223. The van der Waals surface area contributed by atoms with E-state index >= 15 is 0 Å². The molecule has 2 aromatic heterocycles. The van der Waals surface area contributed by atoms with Crippen molar-refractivity contribution in [3.63, 3.8) is 0 Å². The molecule has 9 heteroatoms. The number of aliphatic hydroxyl groups is 3. The molecule has 3 rings (SSSR count). The van der Waals surface area contributed by atoms with Crippen molar-refractivity contribution in [2.24, 2.45) is 0 Å². The van der Waals surface area contributed by atoms with Gasteiger partial charge < -0.3 is 26.0 Å². The van der Waals surface area contributed by atoms with Gasteiger partial charge in [0.15, 0.2) is 11.5 Å². The molecule has 19 heavy (non-hydrogen) atoms. The number of nitrogens with two attached hydrogens (primary N) is 1. The SMILES string of the molecule is Nc1nc([C@H]2S[C@@H](CO)[C@@H](O)[C@@H]2O)nc2nc[nH]c12. The number of anilines is 1. The number of fused-ring (bicyclic) bond motifs is 1. The first-order valence-corrected chi connectivity index (χ1v) is 6.65. The molecule has 2 aromatic rings. The number of aromatic nitrogens is 4. The van der Waals surface area contributed by atoms with Gasteiger partial charge in [-0.05, 0) is 0 Å². The standard InChI is InChI=1S/C10H13N5O3S/c11-8-4-9(13-2-12-4)15-10(14-8)7-6(18)5(17)3(1-16)19-7/h2-3,5-7,16-18H,1H2,(H3,11,12,13,14,15)/t3-,5+,6-,7-/m0/s1. The predicted octanol–water partition coefficient (Wildman–Crippen LogP) is -1.19. The quantitative estimate of drug-likeness (QED) is 0.463. The summed E-state index contributed by atoms with van der Waals surface area (Å²) in [6.45, 7) is -0.223. The Bertz CT molecular complexity index is 606. The van der Waals surface area contributed by atoms with Gasteiger partial charge in [0.1, 0.15) is 17.4 Å². The Balaban J connectivity index is 2.00. The van der Waals surface area contributed by atoms with Gasteiger partial charge in [0.05, 0.1) is 29.5 Å². The highest BCUT2D eigenvalue weighted by atomic mass is 32.2. The number of imidazole rings is 1. The number of nitrogen functional groups attached to an aromatic ring is 1. The number of nitrogens with zero attached hydrogens (tertiary/aromatic N) is 3. The van der Waals surface area contributed by atoms with E-state index in [9.17, 15) is 10.2 Å². The second-order valence-electron chi connectivity index (χ2n) is 4.33. The Morgan fingerprint density at radius 2 is 2.11 bits per heavy atom. The number of hydrogen-bond donors (Lipinski definition) is 5.